The molecule has 3 aromatic rings. The minimum absolute atomic E-state index is 0.108. The van der Waals surface area contributed by atoms with Crippen molar-refractivity contribution >= 4 is 11.7 Å². The van der Waals surface area contributed by atoms with Crippen LogP contribution in [0.3, 0.4) is 0 Å². The highest BCUT2D eigenvalue weighted by Gasteiger charge is 2.25. The van der Waals surface area contributed by atoms with Crippen molar-refractivity contribution in [2.45, 2.75) is 13.3 Å². The van der Waals surface area contributed by atoms with Gasteiger partial charge in [0.05, 0.1) is 11.3 Å². The number of benzene rings is 2. The maximum Gasteiger partial charge on any atom is 0.256 e. The molecular weight excluding hydrogens is 386 g/mol. The third-order valence-corrected chi connectivity index (χ3v) is 5.36. The van der Waals surface area contributed by atoms with E-state index in [0.717, 1.165) is 35.6 Å². The van der Waals surface area contributed by atoms with Crippen LogP contribution in [0, 0.1) is 11.6 Å². The van der Waals surface area contributed by atoms with Crippen LogP contribution in [0.25, 0.3) is 11.3 Å². The molecule has 4 rings (SSSR count). The van der Waals surface area contributed by atoms with Gasteiger partial charge < -0.3 is 9.80 Å². The molecule has 1 aliphatic rings. The van der Waals surface area contributed by atoms with Crippen molar-refractivity contribution < 1.29 is 13.6 Å². The number of halogens is 2. The van der Waals surface area contributed by atoms with Crippen molar-refractivity contribution in [3.63, 3.8) is 0 Å². The molecule has 0 saturated carbocycles. The number of hydrogen-bond acceptors (Lipinski definition) is 4. The van der Waals surface area contributed by atoms with Gasteiger partial charge in [-0.05, 0) is 36.2 Å². The van der Waals surface area contributed by atoms with Gasteiger partial charge in [-0.3, -0.25) is 4.79 Å². The Bertz CT molecular complexity index is 1030. The van der Waals surface area contributed by atoms with Gasteiger partial charge in [0.2, 0.25) is 0 Å². The highest BCUT2D eigenvalue weighted by molar-refractivity contribution is 5.94. The summed E-state index contributed by atoms with van der Waals surface area (Å²) in [5.41, 5.74) is 2.99. The van der Waals surface area contributed by atoms with Crippen LogP contribution < -0.4 is 4.90 Å². The SMILES string of the molecule is CCc1ccc(-c2ccc(N3CCN(C(=O)c4ccc(F)cc4F)CC3)nn2)cc1. The number of piperazine rings is 1. The lowest BCUT2D eigenvalue weighted by atomic mass is 10.1. The lowest BCUT2D eigenvalue weighted by Crippen LogP contribution is -2.49. The van der Waals surface area contributed by atoms with E-state index in [4.69, 9.17) is 0 Å². The third kappa shape index (κ3) is 4.15. The number of anilines is 1. The smallest absolute Gasteiger partial charge is 0.256 e. The van der Waals surface area contributed by atoms with Crippen molar-refractivity contribution in [1.82, 2.24) is 15.1 Å². The van der Waals surface area contributed by atoms with Crippen LogP contribution in [0.1, 0.15) is 22.8 Å². The van der Waals surface area contributed by atoms with Gasteiger partial charge in [-0.25, -0.2) is 8.78 Å². The van der Waals surface area contributed by atoms with Gasteiger partial charge in [0, 0.05) is 37.8 Å². The van der Waals surface area contributed by atoms with Crippen molar-refractivity contribution in [2.24, 2.45) is 0 Å². The first-order valence-electron chi connectivity index (χ1n) is 9.97. The molecule has 0 radical (unpaired) electrons. The van der Waals surface area contributed by atoms with E-state index >= 15 is 0 Å². The molecule has 0 atom stereocenters. The first kappa shape index (κ1) is 19.9. The molecule has 1 fully saturated rings. The number of carbonyl (C=O) groups excluding carboxylic acids is 1. The molecule has 1 amide bonds. The zero-order chi connectivity index (χ0) is 21.1. The second kappa shape index (κ2) is 8.57. The summed E-state index contributed by atoms with van der Waals surface area (Å²) >= 11 is 0. The lowest BCUT2D eigenvalue weighted by molar-refractivity contribution is 0.0741. The quantitative estimate of drug-likeness (QED) is 0.656. The Morgan fingerprint density at radius 1 is 0.933 bits per heavy atom. The van der Waals surface area contributed by atoms with Crippen LogP contribution in [-0.4, -0.2) is 47.2 Å². The van der Waals surface area contributed by atoms with Gasteiger partial charge in [-0.1, -0.05) is 31.2 Å². The van der Waals surface area contributed by atoms with Crippen molar-refractivity contribution in [3.05, 3.63) is 77.4 Å². The number of aryl methyl sites for hydroxylation is 1. The zero-order valence-corrected chi connectivity index (χ0v) is 16.7. The van der Waals surface area contributed by atoms with E-state index in [-0.39, 0.29) is 5.56 Å². The standard InChI is InChI=1S/C23H22F2N4O/c1-2-16-3-5-17(6-4-16)21-9-10-22(27-26-21)28-11-13-29(14-12-28)23(30)19-8-7-18(24)15-20(19)25/h3-10,15H,2,11-14H2,1H3. The van der Waals surface area contributed by atoms with Crippen LogP contribution >= 0.6 is 0 Å². The van der Waals surface area contributed by atoms with Crippen LogP contribution in [-0.2, 0) is 6.42 Å². The lowest BCUT2D eigenvalue weighted by Gasteiger charge is -2.35. The maximum atomic E-state index is 13.9. The number of amides is 1. The average molecular weight is 408 g/mol. The summed E-state index contributed by atoms with van der Waals surface area (Å²) in [5.74, 6) is -1.22. The molecular formula is C23H22F2N4O. The molecule has 0 aliphatic carbocycles. The highest BCUT2D eigenvalue weighted by Crippen LogP contribution is 2.21. The fourth-order valence-electron chi connectivity index (χ4n) is 3.53. The molecule has 0 N–H and O–H groups in total. The Labute approximate surface area is 174 Å². The van der Waals surface area contributed by atoms with Crippen LogP contribution in [0.2, 0.25) is 0 Å². The summed E-state index contributed by atoms with van der Waals surface area (Å²) in [6, 6.07) is 15.1. The Hall–Kier alpha value is -3.35. The molecule has 154 valence electrons. The van der Waals surface area contributed by atoms with E-state index in [1.807, 2.05) is 29.2 Å². The maximum absolute atomic E-state index is 13.9. The fourth-order valence-corrected chi connectivity index (χ4v) is 3.53. The Morgan fingerprint density at radius 3 is 2.27 bits per heavy atom. The molecule has 5 nitrogen and oxygen atoms in total. The van der Waals surface area contributed by atoms with E-state index in [9.17, 15) is 13.6 Å². The molecule has 0 unspecified atom stereocenters. The van der Waals surface area contributed by atoms with Gasteiger partial charge in [0.1, 0.15) is 11.6 Å². The molecule has 0 bridgehead atoms. The topological polar surface area (TPSA) is 49.3 Å². The Kier molecular flexibility index (Phi) is 5.70. The summed E-state index contributed by atoms with van der Waals surface area (Å²) in [7, 11) is 0. The number of hydrogen-bond donors (Lipinski definition) is 0. The molecule has 2 heterocycles. The van der Waals surface area contributed by atoms with E-state index < -0.39 is 17.5 Å². The zero-order valence-electron chi connectivity index (χ0n) is 16.7. The highest BCUT2D eigenvalue weighted by atomic mass is 19.1. The number of nitrogens with zero attached hydrogens (tertiary/aromatic N) is 4. The summed E-state index contributed by atoms with van der Waals surface area (Å²) in [4.78, 5) is 16.2. The number of carbonyl (C=O) groups is 1. The minimum Gasteiger partial charge on any atom is -0.352 e. The second-order valence-corrected chi connectivity index (χ2v) is 7.23. The van der Waals surface area contributed by atoms with Gasteiger partial charge in [-0.15, -0.1) is 10.2 Å². The van der Waals surface area contributed by atoms with Crippen molar-refractivity contribution in [2.75, 3.05) is 31.1 Å². The molecule has 30 heavy (non-hydrogen) atoms. The monoisotopic (exact) mass is 408 g/mol. The third-order valence-electron chi connectivity index (χ3n) is 5.36. The molecule has 2 aromatic carbocycles. The normalized spacial score (nSPS) is 14.1. The summed E-state index contributed by atoms with van der Waals surface area (Å²) in [5, 5.41) is 8.69. The largest absolute Gasteiger partial charge is 0.352 e. The summed E-state index contributed by atoms with van der Waals surface area (Å²) < 4.78 is 27.0. The van der Waals surface area contributed by atoms with Crippen LogP contribution in [0.15, 0.2) is 54.6 Å². The molecule has 7 heteroatoms. The van der Waals surface area contributed by atoms with E-state index in [1.165, 1.54) is 11.6 Å². The fraction of sp³-hybridized carbons (Fsp3) is 0.261. The van der Waals surface area contributed by atoms with Crippen LogP contribution in [0.5, 0.6) is 0 Å². The van der Waals surface area contributed by atoms with Gasteiger partial charge in [-0.2, -0.15) is 0 Å². The second-order valence-electron chi connectivity index (χ2n) is 7.23. The first-order valence-corrected chi connectivity index (χ1v) is 9.97. The first-order chi connectivity index (χ1) is 14.5. The average Bonchev–Trinajstić information content (AvgIpc) is 2.79. The predicted molar refractivity (Wildman–Crippen MR) is 111 cm³/mol. The van der Waals surface area contributed by atoms with E-state index in [2.05, 4.69) is 29.3 Å². The number of rotatable bonds is 4. The molecule has 0 spiro atoms. The van der Waals surface area contributed by atoms with E-state index in [1.54, 1.807) is 4.90 Å². The number of aromatic nitrogens is 2. The van der Waals surface area contributed by atoms with Crippen molar-refractivity contribution in [3.8, 4) is 11.3 Å². The molecule has 1 aromatic heterocycles. The molecule has 1 saturated heterocycles. The Morgan fingerprint density at radius 2 is 1.67 bits per heavy atom. The molecule has 1 aliphatic heterocycles. The summed E-state index contributed by atoms with van der Waals surface area (Å²) in [6.07, 6.45) is 0.993. The van der Waals surface area contributed by atoms with Gasteiger partial charge in [0.15, 0.2) is 5.82 Å². The van der Waals surface area contributed by atoms with Crippen molar-refractivity contribution in [1.29, 1.82) is 0 Å². The summed E-state index contributed by atoms with van der Waals surface area (Å²) in [6.45, 7) is 4.10. The predicted octanol–water partition coefficient (Wildman–Crippen LogP) is 3.95. The minimum atomic E-state index is -0.837. The van der Waals surface area contributed by atoms with Gasteiger partial charge in [0.25, 0.3) is 5.91 Å². The van der Waals surface area contributed by atoms with E-state index in [0.29, 0.717) is 26.2 Å². The van der Waals surface area contributed by atoms with Crippen LogP contribution in [0.4, 0.5) is 14.6 Å². The van der Waals surface area contributed by atoms with Gasteiger partial charge >= 0.3 is 0 Å². The Balaban J connectivity index is 1.39.